The lowest BCUT2D eigenvalue weighted by molar-refractivity contribution is -0.166. The van der Waals surface area contributed by atoms with Crippen molar-refractivity contribution in [1.29, 1.82) is 0 Å². The van der Waals surface area contributed by atoms with E-state index in [2.05, 4.69) is 15.5 Å². The van der Waals surface area contributed by atoms with Crippen molar-refractivity contribution in [1.82, 2.24) is 25.1 Å². The second kappa shape index (κ2) is 9.17. The van der Waals surface area contributed by atoms with E-state index in [-0.39, 0.29) is 17.9 Å². The van der Waals surface area contributed by atoms with E-state index < -0.39 is 18.1 Å². The largest absolute Gasteiger partial charge is 0.497 e. The number of hydrogen-bond acceptors (Lipinski definition) is 10. The molecule has 1 aromatic carbocycles. The zero-order chi connectivity index (χ0) is 22.8. The Morgan fingerprint density at radius 3 is 2.72 bits per heavy atom. The molecule has 1 aromatic heterocycles. The molecule has 170 valence electrons. The lowest BCUT2D eigenvalue weighted by atomic mass is 9.99. The Labute approximate surface area is 188 Å². The Balaban J connectivity index is 1.68. The summed E-state index contributed by atoms with van der Waals surface area (Å²) in [5, 5.41) is 13.9. The number of ether oxygens (including phenoxy) is 4. The van der Waals surface area contributed by atoms with Crippen molar-refractivity contribution in [3.8, 4) is 11.5 Å². The van der Waals surface area contributed by atoms with Crippen LogP contribution in [0.4, 0.5) is 0 Å². The number of fused-ring (bicyclic) bond motifs is 1. The summed E-state index contributed by atoms with van der Waals surface area (Å²) >= 11 is 1.45. The number of methoxy groups -OCH3 is 3. The van der Waals surface area contributed by atoms with Gasteiger partial charge in [-0.1, -0.05) is 0 Å². The van der Waals surface area contributed by atoms with Gasteiger partial charge in [0.05, 0.1) is 20.8 Å². The van der Waals surface area contributed by atoms with Crippen molar-refractivity contribution < 1.29 is 28.5 Å². The third kappa shape index (κ3) is 3.91. The number of amides is 1. The van der Waals surface area contributed by atoms with Crippen LogP contribution in [-0.2, 0) is 25.6 Å². The number of carbonyl (C=O) groups is 2. The van der Waals surface area contributed by atoms with Gasteiger partial charge in [-0.3, -0.25) is 9.59 Å². The smallest absolute Gasteiger partial charge is 0.302 e. The van der Waals surface area contributed by atoms with Crippen molar-refractivity contribution >= 4 is 23.6 Å². The molecule has 3 atom stereocenters. The SMILES string of the molecule is COc1ccc(Cn2nnnc2C2C(COC(C)=O)=CS[C@@H]3[C@@H](OC)C(=O)N23)c(OC)c1. The fourth-order valence-corrected chi connectivity index (χ4v) is 4.98. The van der Waals surface area contributed by atoms with E-state index in [4.69, 9.17) is 18.9 Å². The van der Waals surface area contributed by atoms with Gasteiger partial charge in [-0.2, -0.15) is 0 Å². The van der Waals surface area contributed by atoms with Gasteiger partial charge in [0.2, 0.25) is 0 Å². The predicted molar refractivity (Wildman–Crippen MR) is 113 cm³/mol. The second-order valence-corrected chi connectivity index (χ2v) is 8.17. The standard InChI is InChI=1S/C20H23N5O6S/c1-11(26)31-9-13-10-32-20-17(30-4)19(27)25(20)16(13)18-21-22-23-24(18)8-12-5-6-14(28-2)7-15(12)29-3/h5-7,10,16-17,20H,8-9H2,1-4H3/t16?,17-,20+/m0/s1. The molecule has 0 aliphatic carbocycles. The topological polar surface area (TPSA) is 118 Å². The molecule has 32 heavy (non-hydrogen) atoms. The molecule has 1 unspecified atom stereocenters. The molecule has 0 bridgehead atoms. The lowest BCUT2D eigenvalue weighted by Gasteiger charge is -2.51. The molecule has 1 amide bonds. The van der Waals surface area contributed by atoms with Gasteiger partial charge in [0.1, 0.15) is 29.5 Å². The summed E-state index contributed by atoms with van der Waals surface area (Å²) in [7, 11) is 4.67. The first kappa shape index (κ1) is 22.1. The monoisotopic (exact) mass is 461 g/mol. The maximum Gasteiger partial charge on any atom is 0.302 e. The predicted octanol–water partition coefficient (Wildman–Crippen LogP) is 1.16. The maximum atomic E-state index is 12.8. The van der Waals surface area contributed by atoms with E-state index in [0.29, 0.717) is 29.4 Å². The Kier molecular flexibility index (Phi) is 6.33. The van der Waals surface area contributed by atoms with Crippen molar-refractivity contribution in [2.45, 2.75) is 31.0 Å². The van der Waals surface area contributed by atoms with Crippen molar-refractivity contribution in [2.75, 3.05) is 27.9 Å². The van der Waals surface area contributed by atoms with Crippen molar-refractivity contribution in [2.24, 2.45) is 0 Å². The average Bonchev–Trinajstić information content (AvgIpc) is 3.25. The Bertz CT molecular complexity index is 1060. The fourth-order valence-electron chi connectivity index (χ4n) is 3.74. The van der Waals surface area contributed by atoms with Crippen LogP contribution in [0.25, 0.3) is 0 Å². The van der Waals surface area contributed by atoms with Crippen LogP contribution in [-0.4, -0.2) is 76.4 Å². The molecule has 11 nitrogen and oxygen atoms in total. The van der Waals surface area contributed by atoms with E-state index in [1.54, 1.807) is 29.9 Å². The van der Waals surface area contributed by atoms with Gasteiger partial charge in [-0.15, -0.1) is 16.9 Å². The molecule has 0 radical (unpaired) electrons. The molecule has 1 saturated heterocycles. The van der Waals surface area contributed by atoms with Gasteiger partial charge in [0, 0.05) is 31.2 Å². The van der Waals surface area contributed by atoms with E-state index >= 15 is 0 Å². The summed E-state index contributed by atoms with van der Waals surface area (Å²) in [4.78, 5) is 25.9. The van der Waals surface area contributed by atoms with Gasteiger partial charge in [0.25, 0.3) is 5.91 Å². The number of β-lactam (4-membered cyclic amide) rings is 1. The quantitative estimate of drug-likeness (QED) is 0.418. The summed E-state index contributed by atoms with van der Waals surface area (Å²) in [6.45, 7) is 1.67. The number of tetrazole rings is 1. The first-order valence-corrected chi connectivity index (χ1v) is 10.7. The summed E-state index contributed by atoms with van der Waals surface area (Å²) in [6.07, 6.45) is -0.542. The van der Waals surface area contributed by atoms with Gasteiger partial charge in [-0.25, -0.2) is 4.68 Å². The molecule has 1 fully saturated rings. The number of thioether (sulfide) groups is 1. The molecule has 0 saturated carbocycles. The first-order valence-electron chi connectivity index (χ1n) is 9.78. The molecule has 4 rings (SSSR count). The highest BCUT2D eigenvalue weighted by Gasteiger charge is 2.55. The number of esters is 1. The van der Waals surface area contributed by atoms with Gasteiger partial charge < -0.3 is 23.8 Å². The van der Waals surface area contributed by atoms with Crippen molar-refractivity contribution in [3.05, 3.63) is 40.6 Å². The minimum absolute atomic E-state index is 0.0276. The zero-order valence-corrected chi connectivity index (χ0v) is 18.9. The third-order valence-corrected chi connectivity index (χ3v) is 6.53. The molecule has 2 aromatic rings. The summed E-state index contributed by atoms with van der Waals surface area (Å²) in [6, 6.07) is 4.89. The normalized spacial score (nSPS) is 22.0. The fraction of sp³-hybridized carbons (Fsp3) is 0.450. The summed E-state index contributed by atoms with van der Waals surface area (Å²) < 4.78 is 22.9. The summed E-state index contributed by atoms with van der Waals surface area (Å²) in [5.74, 6) is 1.16. The third-order valence-electron chi connectivity index (χ3n) is 5.33. The molecule has 2 aliphatic rings. The van der Waals surface area contributed by atoms with E-state index in [9.17, 15) is 9.59 Å². The molecule has 12 heteroatoms. The zero-order valence-electron chi connectivity index (χ0n) is 18.0. The van der Waals surface area contributed by atoms with Crippen LogP contribution >= 0.6 is 11.8 Å². The molecule has 2 aliphatic heterocycles. The van der Waals surface area contributed by atoms with Crippen LogP contribution in [0.2, 0.25) is 0 Å². The highest BCUT2D eigenvalue weighted by atomic mass is 32.2. The number of nitrogens with zero attached hydrogens (tertiary/aromatic N) is 5. The second-order valence-electron chi connectivity index (χ2n) is 7.18. The Morgan fingerprint density at radius 2 is 2.03 bits per heavy atom. The van der Waals surface area contributed by atoms with E-state index in [1.165, 1.54) is 25.8 Å². The van der Waals surface area contributed by atoms with Crippen LogP contribution in [0, 0.1) is 0 Å². The van der Waals surface area contributed by atoms with Gasteiger partial charge in [0.15, 0.2) is 11.9 Å². The molecule has 0 spiro atoms. The first-order chi connectivity index (χ1) is 15.5. The van der Waals surface area contributed by atoms with Crippen LogP contribution in [0.1, 0.15) is 24.4 Å². The minimum atomic E-state index is -0.584. The van der Waals surface area contributed by atoms with Gasteiger partial charge >= 0.3 is 5.97 Å². The number of benzene rings is 1. The number of hydrogen-bond donors (Lipinski definition) is 0. The van der Waals surface area contributed by atoms with Crippen LogP contribution in [0.15, 0.2) is 29.2 Å². The van der Waals surface area contributed by atoms with Crippen LogP contribution in [0.5, 0.6) is 11.5 Å². The van der Waals surface area contributed by atoms with E-state index in [1.807, 2.05) is 17.5 Å². The van der Waals surface area contributed by atoms with E-state index in [0.717, 1.165) is 5.56 Å². The highest BCUT2D eigenvalue weighted by molar-refractivity contribution is 8.02. The number of carbonyl (C=O) groups excluding carboxylic acids is 2. The Morgan fingerprint density at radius 1 is 1.22 bits per heavy atom. The highest BCUT2D eigenvalue weighted by Crippen LogP contribution is 2.47. The maximum absolute atomic E-state index is 12.8. The molecular weight excluding hydrogens is 438 g/mol. The number of rotatable bonds is 8. The molecular formula is C20H23N5O6S. The van der Waals surface area contributed by atoms with Crippen molar-refractivity contribution in [3.63, 3.8) is 0 Å². The Hall–Kier alpha value is -3.12. The minimum Gasteiger partial charge on any atom is -0.497 e. The lowest BCUT2D eigenvalue weighted by Crippen LogP contribution is -2.66. The van der Waals surface area contributed by atoms with Crippen LogP contribution < -0.4 is 9.47 Å². The average molecular weight is 462 g/mol. The molecule has 3 heterocycles. The molecule has 0 N–H and O–H groups in total. The summed E-state index contributed by atoms with van der Waals surface area (Å²) in [5.41, 5.74) is 1.54. The van der Waals surface area contributed by atoms with Crippen LogP contribution in [0.3, 0.4) is 0 Å². The van der Waals surface area contributed by atoms with Gasteiger partial charge in [-0.05, 0) is 28.0 Å². The number of aromatic nitrogens is 4.